The zero-order chi connectivity index (χ0) is 21.0. The van der Waals surface area contributed by atoms with Gasteiger partial charge in [0.2, 0.25) is 15.9 Å². The van der Waals surface area contributed by atoms with Crippen LogP contribution >= 0.6 is 11.8 Å². The number of carbonyl (C=O) groups is 1. The number of nitrogens with one attached hydrogen (secondary N) is 1. The molecule has 1 saturated heterocycles. The Balaban J connectivity index is 1.29. The molecule has 0 spiro atoms. The average Bonchev–Trinajstić information content (AvgIpc) is 3.28. The molecule has 0 atom stereocenters. The summed E-state index contributed by atoms with van der Waals surface area (Å²) in [6.07, 6.45) is 1.76. The van der Waals surface area contributed by atoms with Crippen LogP contribution in [0.5, 0.6) is 0 Å². The highest BCUT2D eigenvalue weighted by Gasteiger charge is 2.29. The van der Waals surface area contributed by atoms with Gasteiger partial charge in [-0.3, -0.25) is 4.79 Å². The Kier molecular flexibility index (Phi) is 6.21. The molecule has 1 aliphatic heterocycles. The van der Waals surface area contributed by atoms with Gasteiger partial charge in [0.25, 0.3) is 0 Å². The number of aromatic amines is 1. The first-order valence-electron chi connectivity index (χ1n) is 9.60. The van der Waals surface area contributed by atoms with E-state index in [-0.39, 0.29) is 16.6 Å². The van der Waals surface area contributed by atoms with Crippen molar-refractivity contribution >= 4 is 27.7 Å². The lowest BCUT2D eigenvalue weighted by atomic mass is 10.2. The molecule has 7 nitrogen and oxygen atoms in total. The lowest BCUT2D eigenvalue weighted by Crippen LogP contribution is -2.50. The number of hydrogen-bond donors (Lipinski definition) is 1. The third-order valence-corrected chi connectivity index (χ3v) is 7.73. The highest BCUT2D eigenvalue weighted by Crippen LogP contribution is 2.22. The fourth-order valence-electron chi connectivity index (χ4n) is 3.28. The van der Waals surface area contributed by atoms with Crippen LogP contribution in [-0.2, 0) is 14.8 Å². The van der Waals surface area contributed by atoms with Crippen LogP contribution in [0.3, 0.4) is 0 Å². The van der Waals surface area contributed by atoms with Crippen molar-refractivity contribution in [3.63, 3.8) is 0 Å². The second kappa shape index (κ2) is 9.03. The Morgan fingerprint density at radius 3 is 2.27 bits per heavy atom. The lowest BCUT2D eigenvalue weighted by Gasteiger charge is -2.34. The molecule has 0 unspecified atom stereocenters. The molecule has 1 aliphatic rings. The Bertz CT molecular complexity index is 1090. The van der Waals surface area contributed by atoms with Gasteiger partial charge in [-0.15, -0.1) is 0 Å². The van der Waals surface area contributed by atoms with Crippen molar-refractivity contribution in [1.29, 1.82) is 0 Å². The third kappa shape index (κ3) is 4.58. The molecule has 0 saturated carbocycles. The van der Waals surface area contributed by atoms with Crippen molar-refractivity contribution in [2.24, 2.45) is 0 Å². The summed E-state index contributed by atoms with van der Waals surface area (Å²) in [5, 5.41) is 0.687. The maximum absolute atomic E-state index is 12.7. The summed E-state index contributed by atoms with van der Waals surface area (Å²) in [4.78, 5) is 22.1. The van der Waals surface area contributed by atoms with E-state index < -0.39 is 10.0 Å². The second-order valence-electron chi connectivity index (χ2n) is 6.85. The highest BCUT2D eigenvalue weighted by atomic mass is 32.2. The van der Waals surface area contributed by atoms with Gasteiger partial charge in [-0.25, -0.2) is 13.4 Å². The SMILES string of the molecule is O=C(CSc1ncc(-c2ccccc2)[nH]1)N1CCN(S(=O)(=O)c2ccccc2)CC1. The standard InChI is InChI=1S/C21H22N4O3S2/c26-20(16-29-21-22-15-19(23-21)17-7-3-1-4-8-17)24-11-13-25(14-12-24)30(27,28)18-9-5-2-6-10-18/h1-10,15H,11-14,16H2,(H,22,23). The fraction of sp³-hybridized carbons (Fsp3) is 0.238. The number of amides is 1. The number of rotatable bonds is 6. The molecule has 2 aromatic carbocycles. The predicted molar refractivity (Wildman–Crippen MR) is 117 cm³/mol. The highest BCUT2D eigenvalue weighted by molar-refractivity contribution is 7.99. The molecule has 2 heterocycles. The van der Waals surface area contributed by atoms with Crippen LogP contribution in [-0.4, -0.2) is 65.4 Å². The molecule has 0 bridgehead atoms. The van der Waals surface area contributed by atoms with Gasteiger partial charge in [-0.05, 0) is 17.7 Å². The molecule has 0 radical (unpaired) electrons. The molecule has 1 N–H and O–H groups in total. The zero-order valence-corrected chi connectivity index (χ0v) is 17.9. The topological polar surface area (TPSA) is 86.4 Å². The molecule has 0 aliphatic carbocycles. The van der Waals surface area contributed by atoms with Crippen LogP contribution in [0.25, 0.3) is 11.3 Å². The van der Waals surface area contributed by atoms with E-state index in [4.69, 9.17) is 0 Å². The number of nitrogens with zero attached hydrogens (tertiary/aromatic N) is 3. The Hall–Kier alpha value is -2.62. The van der Waals surface area contributed by atoms with E-state index in [2.05, 4.69) is 9.97 Å². The number of H-pyrrole nitrogens is 1. The summed E-state index contributed by atoms with van der Waals surface area (Å²) < 4.78 is 26.8. The molecule has 1 aromatic heterocycles. The molecule has 156 valence electrons. The van der Waals surface area contributed by atoms with Crippen molar-refractivity contribution < 1.29 is 13.2 Å². The third-order valence-electron chi connectivity index (χ3n) is 4.94. The first-order valence-corrected chi connectivity index (χ1v) is 12.0. The van der Waals surface area contributed by atoms with Crippen molar-refractivity contribution in [2.75, 3.05) is 31.9 Å². The monoisotopic (exact) mass is 442 g/mol. The molecular formula is C21H22N4O3S2. The van der Waals surface area contributed by atoms with Crippen LogP contribution in [0, 0.1) is 0 Å². The van der Waals surface area contributed by atoms with E-state index in [9.17, 15) is 13.2 Å². The van der Waals surface area contributed by atoms with Gasteiger partial charge in [-0.1, -0.05) is 60.3 Å². The Morgan fingerprint density at radius 1 is 0.967 bits per heavy atom. The van der Waals surface area contributed by atoms with Crippen LogP contribution in [0.2, 0.25) is 0 Å². The summed E-state index contributed by atoms with van der Waals surface area (Å²) >= 11 is 1.35. The van der Waals surface area contributed by atoms with E-state index in [0.717, 1.165) is 11.3 Å². The second-order valence-corrected chi connectivity index (χ2v) is 9.76. The number of sulfonamides is 1. The van der Waals surface area contributed by atoms with Gasteiger partial charge in [0.1, 0.15) is 0 Å². The minimum atomic E-state index is -3.51. The van der Waals surface area contributed by atoms with Crippen LogP contribution < -0.4 is 0 Å². The minimum absolute atomic E-state index is 0.0191. The summed E-state index contributed by atoms with van der Waals surface area (Å²) in [6, 6.07) is 18.3. The fourth-order valence-corrected chi connectivity index (χ4v) is 5.48. The molecular weight excluding hydrogens is 420 g/mol. The minimum Gasteiger partial charge on any atom is -0.339 e. The molecule has 4 rings (SSSR count). The van der Waals surface area contributed by atoms with Crippen molar-refractivity contribution in [3.8, 4) is 11.3 Å². The molecule has 3 aromatic rings. The van der Waals surface area contributed by atoms with Crippen LogP contribution in [0.4, 0.5) is 0 Å². The quantitative estimate of drug-likeness (QED) is 0.593. The van der Waals surface area contributed by atoms with E-state index >= 15 is 0 Å². The molecule has 9 heteroatoms. The summed E-state index contributed by atoms with van der Waals surface area (Å²) in [5.74, 6) is 0.238. The van der Waals surface area contributed by atoms with E-state index in [1.54, 1.807) is 41.4 Å². The Labute approximate surface area is 180 Å². The maximum atomic E-state index is 12.7. The van der Waals surface area contributed by atoms with Gasteiger partial charge < -0.3 is 9.88 Å². The largest absolute Gasteiger partial charge is 0.339 e. The summed E-state index contributed by atoms with van der Waals surface area (Å²) in [7, 11) is -3.51. The zero-order valence-electron chi connectivity index (χ0n) is 16.3. The lowest BCUT2D eigenvalue weighted by molar-refractivity contribution is -0.129. The molecule has 1 amide bonds. The number of benzene rings is 2. The van der Waals surface area contributed by atoms with E-state index in [0.29, 0.717) is 31.3 Å². The van der Waals surface area contributed by atoms with Crippen molar-refractivity contribution in [2.45, 2.75) is 10.1 Å². The number of piperazine rings is 1. The van der Waals surface area contributed by atoms with E-state index in [1.165, 1.54) is 16.1 Å². The van der Waals surface area contributed by atoms with Crippen molar-refractivity contribution in [3.05, 3.63) is 66.9 Å². The van der Waals surface area contributed by atoms with Crippen molar-refractivity contribution in [1.82, 2.24) is 19.2 Å². The number of thioether (sulfide) groups is 1. The molecule has 1 fully saturated rings. The van der Waals surface area contributed by atoms with Gasteiger partial charge >= 0.3 is 0 Å². The van der Waals surface area contributed by atoms with Gasteiger partial charge in [-0.2, -0.15) is 4.31 Å². The van der Waals surface area contributed by atoms with E-state index in [1.807, 2.05) is 30.3 Å². The van der Waals surface area contributed by atoms with Gasteiger partial charge in [0.15, 0.2) is 5.16 Å². The normalized spacial score (nSPS) is 15.3. The number of imidazole rings is 1. The number of carbonyl (C=O) groups excluding carboxylic acids is 1. The Morgan fingerprint density at radius 2 is 1.60 bits per heavy atom. The summed E-state index contributed by atoms with van der Waals surface area (Å²) in [6.45, 7) is 1.37. The van der Waals surface area contributed by atoms with Gasteiger partial charge in [0, 0.05) is 26.2 Å². The predicted octanol–water partition coefficient (Wildman–Crippen LogP) is 2.70. The van der Waals surface area contributed by atoms with Crippen LogP contribution in [0.15, 0.2) is 76.9 Å². The number of aromatic nitrogens is 2. The van der Waals surface area contributed by atoms with Gasteiger partial charge in [0.05, 0.1) is 22.5 Å². The smallest absolute Gasteiger partial charge is 0.243 e. The van der Waals surface area contributed by atoms with Crippen LogP contribution in [0.1, 0.15) is 0 Å². The molecule has 30 heavy (non-hydrogen) atoms. The first kappa shape index (κ1) is 20.6. The summed E-state index contributed by atoms with van der Waals surface area (Å²) in [5.41, 5.74) is 1.95. The first-order chi connectivity index (χ1) is 14.5. The number of hydrogen-bond acceptors (Lipinski definition) is 5. The average molecular weight is 443 g/mol. The maximum Gasteiger partial charge on any atom is 0.243 e.